The number of benzene rings is 1. The summed E-state index contributed by atoms with van der Waals surface area (Å²) in [5, 5.41) is 2.67. The molecule has 0 unspecified atom stereocenters. The number of aromatic nitrogens is 1. The number of methoxy groups -OCH3 is 1. The highest BCUT2D eigenvalue weighted by molar-refractivity contribution is 7.89. The van der Waals surface area contributed by atoms with Gasteiger partial charge >= 0.3 is 0 Å². The fourth-order valence-electron chi connectivity index (χ4n) is 2.15. The third-order valence-electron chi connectivity index (χ3n) is 3.53. The molecule has 126 valence electrons. The molecule has 2 aromatic rings. The summed E-state index contributed by atoms with van der Waals surface area (Å²) in [7, 11) is -2.35. The van der Waals surface area contributed by atoms with Crippen LogP contribution in [0.15, 0.2) is 47.6 Å². The van der Waals surface area contributed by atoms with E-state index in [0.717, 1.165) is 12.8 Å². The molecule has 1 heterocycles. The van der Waals surface area contributed by atoms with Crippen LogP contribution in [0, 0.1) is 0 Å². The van der Waals surface area contributed by atoms with Crippen LogP contribution in [0.5, 0.6) is 5.75 Å². The standard InChI is InChI=1S/C16H17N3O4S/c1-23-14-7-4-11(16(20)18-13-3-2-8-17-10-13)9-15(14)24(21,22)19-12-5-6-12/h2-4,7-10,12,19H,5-6H2,1H3,(H,18,20). The summed E-state index contributed by atoms with van der Waals surface area (Å²) in [5.74, 6) is -0.227. The van der Waals surface area contributed by atoms with Gasteiger partial charge in [0.05, 0.1) is 19.0 Å². The quantitative estimate of drug-likeness (QED) is 0.830. The van der Waals surface area contributed by atoms with Crippen molar-refractivity contribution in [3.63, 3.8) is 0 Å². The normalized spacial score (nSPS) is 14.2. The molecule has 1 amide bonds. The predicted octanol–water partition coefficient (Wildman–Crippen LogP) is 1.78. The van der Waals surface area contributed by atoms with Gasteiger partial charge in [0.1, 0.15) is 10.6 Å². The van der Waals surface area contributed by atoms with Crippen LogP contribution >= 0.6 is 0 Å². The Morgan fingerprint density at radius 1 is 1.29 bits per heavy atom. The van der Waals surface area contributed by atoms with E-state index in [9.17, 15) is 13.2 Å². The van der Waals surface area contributed by atoms with Gasteiger partial charge in [-0.15, -0.1) is 0 Å². The van der Waals surface area contributed by atoms with Gasteiger partial charge in [-0.25, -0.2) is 13.1 Å². The molecule has 0 spiro atoms. The summed E-state index contributed by atoms with van der Waals surface area (Å²) >= 11 is 0. The number of carbonyl (C=O) groups is 1. The van der Waals surface area contributed by atoms with Crippen LogP contribution in [0.25, 0.3) is 0 Å². The Labute approximate surface area is 140 Å². The first-order chi connectivity index (χ1) is 11.5. The van der Waals surface area contributed by atoms with E-state index in [-0.39, 0.29) is 22.3 Å². The molecule has 1 fully saturated rings. The van der Waals surface area contributed by atoms with E-state index in [1.165, 1.54) is 31.5 Å². The summed E-state index contributed by atoms with van der Waals surface area (Å²) in [6.45, 7) is 0. The third kappa shape index (κ3) is 3.72. The first-order valence-corrected chi connectivity index (χ1v) is 8.89. The summed E-state index contributed by atoms with van der Waals surface area (Å²) in [5.41, 5.74) is 0.745. The van der Waals surface area contributed by atoms with Gasteiger partial charge in [0.15, 0.2) is 0 Å². The smallest absolute Gasteiger partial charge is 0.255 e. The van der Waals surface area contributed by atoms with Gasteiger partial charge in [-0.3, -0.25) is 9.78 Å². The van der Waals surface area contributed by atoms with Crippen LogP contribution in [0.2, 0.25) is 0 Å². The van der Waals surface area contributed by atoms with Crippen LogP contribution in [-0.2, 0) is 10.0 Å². The fourth-order valence-corrected chi connectivity index (χ4v) is 3.65. The van der Waals surface area contributed by atoms with Crippen LogP contribution < -0.4 is 14.8 Å². The summed E-state index contributed by atoms with van der Waals surface area (Å²) in [4.78, 5) is 16.2. The number of nitrogens with one attached hydrogen (secondary N) is 2. The first kappa shape index (κ1) is 16.4. The molecule has 0 aliphatic heterocycles. The van der Waals surface area contributed by atoms with Crippen LogP contribution in [-0.4, -0.2) is 32.5 Å². The molecule has 1 saturated carbocycles. The molecular formula is C16H17N3O4S. The lowest BCUT2D eigenvalue weighted by molar-refractivity contribution is 0.102. The Morgan fingerprint density at radius 3 is 2.71 bits per heavy atom. The Morgan fingerprint density at radius 2 is 2.08 bits per heavy atom. The maximum Gasteiger partial charge on any atom is 0.255 e. The lowest BCUT2D eigenvalue weighted by Crippen LogP contribution is -2.26. The van der Waals surface area contributed by atoms with Gasteiger partial charge in [-0.2, -0.15) is 0 Å². The molecule has 3 rings (SSSR count). The highest BCUT2D eigenvalue weighted by atomic mass is 32.2. The molecule has 0 atom stereocenters. The van der Waals surface area contributed by atoms with Gasteiger partial charge < -0.3 is 10.1 Å². The lowest BCUT2D eigenvalue weighted by Gasteiger charge is -2.12. The van der Waals surface area contributed by atoms with Crippen molar-refractivity contribution in [2.75, 3.05) is 12.4 Å². The zero-order chi connectivity index (χ0) is 17.2. The molecule has 8 heteroatoms. The second-order valence-electron chi connectivity index (χ2n) is 5.46. The Bertz CT molecular complexity index is 849. The average molecular weight is 347 g/mol. The van der Waals surface area contributed by atoms with Crippen molar-refractivity contribution in [1.29, 1.82) is 0 Å². The van der Waals surface area contributed by atoms with Crippen LogP contribution in [0.3, 0.4) is 0 Å². The van der Waals surface area contributed by atoms with Crippen LogP contribution in [0.4, 0.5) is 5.69 Å². The van der Waals surface area contributed by atoms with Crippen molar-refractivity contribution < 1.29 is 17.9 Å². The first-order valence-electron chi connectivity index (χ1n) is 7.41. The predicted molar refractivity (Wildman–Crippen MR) is 88.5 cm³/mol. The van der Waals surface area contributed by atoms with E-state index in [0.29, 0.717) is 5.69 Å². The second kappa shape index (κ2) is 6.58. The van der Waals surface area contributed by atoms with Gasteiger partial charge in [0.25, 0.3) is 5.91 Å². The van der Waals surface area contributed by atoms with E-state index in [2.05, 4.69) is 15.0 Å². The molecule has 1 aromatic carbocycles. The molecule has 1 aromatic heterocycles. The summed E-state index contributed by atoms with van der Waals surface area (Å²) in [6, 6.07) is 7.66. The number of hydrogen-bond acceptors (Lipinski definition) is 5. The molecule has 0 bridgehead atoms. The maximum absolute atomic E-state index is 12.5. The zero-order valence-electron chi connectivity index (χ0n) is 13.0. The lowest BCUT2D eigenvalue weighted by atomic mass is 10.2. The SMILES string of the molecule is COc1ccc(C(=O)Nc2cccnc2)cc1S(=O)(=O)NC1CC1. The molecule has 2 N–H and O–H groups in total. The molecular weight excluding hydrogens is 330 g/mol. The molecule has 7 nitrogen and oxygen atoms in total. The van der Waals surface area contributed by atoms with Crippen molar-refractivity contribution in [1.82, 2.24) is 9.71 Å². The number of nitrogens with zero attached hydrogens (tertiary/aromatic N) is 1. The number of hydrogen-bond donors (Lipinski definition) is 2. The Balaban J connectivity index is 1.89. The van der Waals surface area contributed by atoms with Crippen LogP contribution in [0.1, 0.15) is 23.2 Å². The highest BCUT2D eigenvalue weighted by Gasteiger charge is 2.30. The monoisotopic (exact) mass is 347 g/mol. The number of rotatable bonds is 6. The number of ether oxygens (including phenoxy) is 1. The molecule has 0 radical (unpaired) electrons. The number of anilines is 1. The Hall–Kier alpha value is -2.45. The Kier molecular flexibility index (Phi) is 4.50. The minimum Gasteiger partial charge on any atom is -0.495 e. The number of amides is 1. The molecule has 1 aliphatic carbocycles. The summed E-state index contributed by atoms with van der Waals surface area (Å²) in [6.07, 6.45) is 4.75. The topological polar surface area (TPSA) is 97.4 Å². The van der Waals surface area contributed by atoms with E-state index >= 15 is 0 Å². The fraction of sp³-hybridized carbons (Fsp3) is 0.250. The second-order valence-corrected chi connectivity index (χ2v) is 7.14. The average Bonchev–Trinajstić information content (AvgIpc) is 3.38. The van der Waals surface area contributed by atoms with Gasteiger partial charge in [0, 0.05) is 17.8 Å². The summed E-state index contributed by atoms with van der Waals surface area (Å²) < 4.78 is 32.6. The minimum atomic E-state index is -3.74. The molecule has 1 aliphatic rings. The molecule has 24 heavy (non-hydrogen) atoms. The minimum absolute atomic E-state index is 0.0346. The largest absolute Gasteiger partial charge is 0.495 e. The van der Waals surface area contributed by atoms with Crippen molar-refractivity contribution in [2.45, 2.75) is 23.8 Å². The van der Waals surface area contributed by atoms with Gasteiger partial charge in [0.2, 0.25) is 10.0 Å². The number of carbonyl (C=O) groups excluding carboxylic acids is 1. The van der Waals surface area contributed by atoms with Crippen molar-refractivity contribution in [2.24, 2.45) is 0 Å². The van der Waals surface area contributed by atoms with E-state index in [4.69, 9.17) is 4.74 Å². The third-order valence-corrected chi connectivity index (χ3v) is 5.08. The van der Waals surface area contributed by atoms with Gasteiger partial charge in [-0.05, 0) is 43.2 Å². The number of pyridine rings is 1. The number of sulfonamides is 1. The van der Waals surface area contributed by atoms with E-state index < -0.39 is 15.9 Å². The maximum atomic E-state index is 12.5. The van der Waals surface area contributed by atoms with E-state index in [1.54, 1.807) is 18.3 Å². The van der Waals surface area contributed by atoms with Crippen molar-refractivity contribution in [3.8, 4) is 5.75 Å². The van der Waals surface area contributed by atoms with Crippen molar-refractivity contribution in [3.05, 3.63) is 48.3 Å². The molecule has 0 saturated heterocycles. The van der Waals surface area contributed by atoms with Gasteiger partial charge in [-0.1, -0.05) is 0 Å². The highest BCUT2D eigenvalue weighted by Crippen LogP contribution is 2.28. The van der Waals surface area contributed by atoms with E-state index in [1.807, 2.05) is 0 Å². The van der Waals surface area contributed by atoms with Crippen molar-refractivity contribution >= 4 is 21.6 Å². The zero-order valence-corrected chi connectivity index (χ0v) is 13.8.